The van der Waals surface area contributed by atoms with Crippen LogP contribution in [0.25, 0.3) is 16.5 Å². The molecule has 0 radical (unpaired) electrons. The maximum atomic E-state index is 4.68. The van der Waals surface area contributed by atoms with Gasteiger partial charge in [-0.25, -0.2) is 0 Å². The zero-order valence-electron chi connectivity index (χ0n) is 13.1. The summed E-state index contributed by atoms with van der Waals surface area (Å²) in [5.74, 6) is 0. The minimum Gasteiger partial charge on any atom is -0.297 e. The monoisotopic (exact) mass is 278 g/mol. The van der Waals surface area contributed by atoms with Crippen molar-refractivity contribution in [1.82, 2.24) is 9.88 Å². The van der Waals surface area contributed by atoms with Crippen LogP contribution < -0.4 is 0 Å². The Balaban J connectivity index is 1.81. The van der Waals surface area contributed by atoms with Gasteiger partial charge in [0.1, 0.15) is 0 Å². The average molecular weight is 278 g/mol. The Kier molecular flexibility index (Phi) is 2.90. The number of pyridine rings is 1. The summed E-state index contributed by atoms with van der Waals surface area (Å²) in [6.45, 7) is 4.31. The lowest BCUT2D eigenvalue weighted by Crippen LogP contribution is -2.54. The molecule has 1 saturated heterocycles. The second-order valence-electron chi connectivity index (χ2n) is 6.53. The molecular formula is C19H22N2. The lowest BCUT2D eigenvalue weighted by Gasteiger charge is -2.49. The Morgan fingerprint density at radius 3 is 2.81 bits per heavy atom. The van der Waals surface area contributed by atoms with E-state index in [1.807, 2.05) is 0 Å². The molecular weight excluding hydrogens is 256 g/mol. The van der Waals surface area contributed by atoms with Gasteiger partial charge in [-0.05, 0) is 68.1 Å². The number of hydrogen-bond acceptors (Lipinski definition) is 2. The fraction of sp³-hybridized carbons (Fsp3) is 0.421. The maximum absolute atomic E-state index is 4.68. The van der Waals surface area contributed by atoms with E-state index >= 15 is 0 Å². The first-order valence-corrected chi connectivity index (χ1v) is 7.99. The lowest BCUT2D eigenvalue weighted by atomic mass is 9.79. The average Bonchev–Trinajstić information content (AvgIpc) is 2.53. The molecule has 0 spiro atoms. The smallest absolute Gasteiger partial charge is 0.0708 e. The molecule has 0 saturated carbocycles. The molecule has 0 amide bonds. The predicted octanol–water partition coefficient (Wildman–Crippen LogP) is 3.97. The zero-order chi connectivity index (χ0) is 14.6. The highest BCUT2D eigenvalue weighted by atomic mass is 15.2. The molecule has 1 aliphatic carbocycles. The van der Waals surface area contributed by atoms with E-state index in [1.54, 1.807) is 0 Å². The summed E-state index contributed by atoms with van der Waals surface area (Å²) in [6, 6.07) is 10.5. The van der Waals surface area contributed by atoms with Gasteiger partial charge in [-0.15, -0.1) is 0 Å². The van der Waals surface area contributed by atoms with Gasteiger partial charge < -0.3 is 0 Å². The molecule has 108 valence electrons. The summed E-state index contributed by atoms with van der Waals surface area (Å²) in [5.41, 5.74) is 6.59. The van der Waals surface area contributed by atoms with E-state index < -0.39 is 0 Å². The van der Waals surface area contributed by atoms with Crippen molar-refractivity contribution in [2.24, 2.45) is 0 Å². The van der Waals surface area contributed by atoms with Crippen LogP contribution in [-0.2, 0) is 6.42 Å². The Hall–Kier alpha value is -1.67. The molecule has 1 aromatic carbocycles. The number of hydrogen-bond donors (Lipinski definition) is 0. The van der Waals surface area contributed by atoms with Gasteiger partial charge in [0, 0.05) is 23.2 Å². The van der Waals surface area contributed by atoms with Gasteiger partial charge >= 0.3 is 0 Å². The van der Waals surface area contributed by atoms with Gasteiger partial charge in [-0.2, -0.15) is 0 Å². The van der Waals surface area contributed by atoms with Crippen molar-refractivity contribution in [3.05, 3.63) is 47.2 Å². The topological polar surface area (TPSA) is 16.1 Å². The Morgan fingerprint density at radius 1 is 1.29 bits per heavy atom. The molecule has 3 heterocycles. The van der Waals surface area contributed by atoms with Crippen molar-refractivity contribution >= 4 is 16.5 Å². The van der Waals surface area contributed by atoms with Crippen molar-refractivity contribution in [3.63, 3.8) is 0 Å². The van der Waals surface area contributed by atoms with Gasteiger partial charge in [0.25, 0.3) is 0 Å². The van der Waals surface area contributed by atoms with Crippen LogP contribution in [0.4, 0.5) is 0 Å². The first kappa shape index (κ1) is 13.0. The van der Waals surface area contributed by atoms with Gasteiger partial charge in [-0.1, -0.05) is 19.1 Å². The number of rotatable bonds is 2. The van der Waals surface area contributed by atoms with Gasteiger partial charge in [0.15, 0.2) is 0 Å². The van der Waals surface area contributed by atoms with Crippen molar-refractivity contribution in [1.29, 1.82) is 0 Å². The molecule has 2 aliphatic heterocycles. The summed E-state index contributed by atoms with van der Waals surface area (Å²) in [5, 5.41) is 1.33. The van der Waals surface area contributed by atoms with Gasteiger partial charge in [0.2, 0.25) is 0 Å². The molecule has 2 bridgehead atoms. The summed E-state index contributed by atoms with van der Waals surface area (Å²) in [6.07, 6.45) is 6.07. The Labute approximate surface area is 126 Å². The molecule has 2 heteroatoms. The number of benzene rings is 1. The molecule has 2 aromatic rings. The normalized spacial score (nSPS) is 24.8. The third-order valence-electron chi connectivity index (χ3n) is 5.24. The molecule has 2 nitrogen and oxygen atoms in total. The summed E-state index contributed by atoms with van der Waals surface area (Å²) in [7, 11) is 2.24. The van der Waals surface area contributed by atoms with Gasteiger partial charge in [0.05, 0.1) is 5.52 Å². The van der Waals surface area contributed by atoms with E-state index in [9.17, 15) is 0 Å². The fourth-order valence-corrected chi connectivity index (χ4v) is 3.86. The van der Waals surface area contributed by atoms with Crippen LogP contribution >= 0.6 is 0 Å². The van der Waals surface area contributed by atoms with Crippen LogP contribution in [0.5, 0.6) is 0 Å². The second-order valence-corrected chi connectivity index (χ2v) is 6.53. The van der Waals surface area contributed by atoms with Crippen LogP contribution in [0.1, 0.15) is 36.6 Å². The quantitative estimate of drug-likeness (QED) is 0.826. The number of likely N-dealkylation sites (N-methyl/N-ethyl adjacent to an activating group) is 1. The van der Waals surface area contributed by atoms with Crippen LogP contribution in [0.2, 0.25) is 0 Å². The van der Waals surface area contributed by atoms with Crippen molar-refractivity contribution < 1.29 is 0 Å². The SMILES string of the molecule is CCc1cc(C)nc2ccc(C3=CC4CC(C3)N4C)cc12. The zero-order valence-corrected chi connectivity index (χ0v) is 13.1. The first-order chi connectivity index (χ1) is 10.2. The third kappa shape index (κ3) is 2.01. The summed E-state index contributed by atoms with van der Waals surface area (Å²) >= 11 is 0. The maximum Gasteiger partial charge on any atom is 0.0708 e. The van der Waals surface area contributed by atoms with Gasteiger partial charge in [-0.3, -0.25) is 9.88 Å². The molecule has 2 unspecified atom stereocenters. The van der Waals surface area contributed by atoms with E-state index in [4.69, 9.17) is 0 Å². The molecule has 2 atom stereocenters. The minimum atomic E-state index is 0.663. The van der Waals surface area contributed by atoms with E-state index in [0.29, 0.717) is 6.04 Å². The lowest BCUT2D eigenvalue weighted by molar-refractivity contribution is 0.0700. The molecule has 3 aliphatic rings. The number of aryl methyl sites for hydroxylation is 2. The highest BCUT2D eigenvalue weighted by Crippen LogP contribution is 2.40. The minimum absolute atomic E-state index is 0.663. The van der Waals surface area contributed by atoms with Crippen molar-refractivity contribution in [3.8, 4) is 0 Å². The van der Waals surface area contributed by atoms with E-state index in [1.165, 1.54) is 34.9 Å². The number of nitrogens with zero attached hydrogens (tertiary/aromatic N) is 2. The largest absolute Gasteiger partial charge is 0.297 e. The number of aromatic nitrogens is 1. The van der Waals surface area contributed by atoms with E-state index in [0.717, 1.165) is 23.7 Å². The van der Waals surface area contributed by atoms with E-state index in [2.05, 4.69) is 61.1 Å². The Morgan fingerprint density at radius 2 is 2.14 bits per heavy atom. The Bertz CT molecular complexity index is 745. The first-order valence-electron chi connectivity index (χ1n) is 7.99. The summed E-state index contributed by atoms with van der Waals surface area (Å²) in [4.78, 5) is 7.17. The summed E-state index contributed by atoms with van der Waals surface area (Å²) < 4.78 is 0. The molecule has 1 fully saturated rings. The fourth-order valence-electron chi connectivity index (χ4n) is 3.86. The van der Waals surface area contributed by atoms with E-state index in [-0.39, 0.29) is 0 Å². The molecule has 5 rings (SSSR count). The number of fused-ring (bicyclic) bond motifs is 2. The highest BCUT2D eigenvalue weighted by molar-refractivity contribution is 5.87. The molecule has 1 aromatic heterocycles. The van der Waals surface area contributed by atoms with Crippen molar-refractivity contribution in [2.75, 3.05) is 7.05 Å². The van der Waals surface area contributed by atoms with Crippen LogP contribution in [0.3, 0.4) is 0 Å². The highest BCUT2D eigenvalue weighted by Gasteiger charge is 2.38. The second kappa shape index (κ2) is 4.67. The van der Waals surface area contributed by atoms with Crippen molar-refractivity contribution in [2.45, 2.75) is 45.2 Å². The third-order valence-corrected chi connectivity index (χ3v) is 5.24. The molecule has 0 N–H and O–H groups in total. The standard InChI is InChI=1S/C19H22N2/c1-4-13-7-12(2)20-19-6-5-14(10-18(13)19)15-8-16-11-17(9-15)21(16)3/h5-8,10,16-17H,4,9,11H2,1-3H3. The van der Waals surface area contributed by atoms with Crippen LogP contribution in [0.15, 0.2) is 30.3 Å². The molecule has 21 heavy (non-hydrogen) atoms. The van der Waals surface area contributed by atoms with Crippen LogP contribution in [0, 0.1) is 6.92 Å². The predicted molar refractivity (Wildman–Crippen MR) is 88.4 cm³/mol. The van der Waals surface area contributed by atoms with Crippen LogP contribution in [-0.4, -0.2) is 29.0 Å².